The summed E-state index contributed by atoms with van der Waals surface area (Å²) < 4.78 is 4.61. The van der Waals surface area contributed by atoms with E-state index in [1.165, 1.54) is 26.4 Å². The molecule has 1 aliphatic heterocycles. The van der Waals surface area contributed by atoms with Gasteiger partial charge in [-0.3, -0.25) is 4.79 Å². The molecule has 0 aliphatic carbocycles. The van der Waals surface area contributed by atoms with E-state index in [0.717, 1.165) is 19.5 Å². The van der Waals surface area contributed by atoms with Crippen molar-refractivity contribution in [2.45, 2.75) is 32.1 Å². The highest BCUT2D eigenvalue weighted by Crippen LogP contribution is 2.16. The predicted molar refractivity (Wildman–Crippen MR) is 58.7 cm³/mol. The van der Waals surface area contributed by atoms with Gasteiger partial charge < -0.3 is 10.1 Å². The van der Waals surface area contributed by atoms with E-state index in [2.05, 4.69) is 10.1 Å². The number of hydrogen-bond donors (Lipinski definition) is 1. The lowest BCUT2D eigenvalue weighted by atomic mass is 9.98. The number of methoxy groups -OCH3 is 1. The molecule has 1 unspecified atom stereocenters. The number of rotatable bonds is 3. The van der Waals surface area contributed by atoms with Crippen LogP contribution in [0.25, 0.3) is 0 Å². The van der Waals surface area contributed by atoms with Crippen LogP contribution in [0, 0.1) is 5.92 Å². The van der Waals surface area contributed by atoms with Gasteiger partial charge in [0, 0.05) is 6.42 Å². The van der Waals surface area contributed by atoms with Crippen LogP contribution in [0.4, 0.5) is 0 Å². The lowest BCUT2D eigenvalue weighted by Crippen LogP contribution is -2.21. The maximum absolute atomic E-state index is 10.9. The summed E-state index contributed by atoms with van der Waals surface area (Å²) in [5, 5.41) is 3.39. The van der Waals surface area contributed by atoms with Gasteiger partial charge in [-0.25, -0.2) is 0 Å². The molecule has 3 nitrogen and oxygen atoms in total. The van der Waals surface area contributed by atoms with Gasteiger partial charge in [0.15, 0.2) is 0 Å². The molecule has 0 spiro atoms. The normalized spacial score (nSPS) is 21.9. The second-order valence-electron chi connectivity index (χ2n) is 3.68. The zero-order chi connectivity index (χ0) is 9.52. The van der Waals surface area contributed by atoms with Gasteiger partial charge in [0.25, 0.3) is 0 Å². The Morgan fingerprint density at radius 1 is 1.50 bits per heavy atom. The third-order valence-corrected chi connectivity index (χ3v) is 2.63. The predicted octanol–water partition coefficient (Wildman–Crippen LogP) is 1.75. The van der Waals surface area contributed by atoms with Crippen molar-refractivity contribution in [2.24, 2.45) is 5.92 Å². The first-order chi connectivity index (χ1) is 6.33. The minimum Gasteiger partial charge on any atom is -0.469 e. The Kier molecular flexibility index (Phi) is 7.90. The Morgan fingerprint density at radius 3 is 3.00 bits per heavy atom. The van der Waals surface area contributed by atoms with Crippen LogP contribution in [0.1, 0.15) is 32.1 Å². The van der Waals surface area contributed by atoms with E-state index < -0.39 is 0 Å². The highest BCUT2D eigenvalue weighted by atomic mass is 35.5. The molecule has 1 atom stereocenters. The quantitative estimate of drug-likeness (QED) is 0.738. The Labute approximate surface area is 92.0 Å². The van der Waals surface area contributed by atoms with E-state index in [1.807, 2.05) is 0 Å². The zero-order valence-corrected chi connectivity index (χ0v) is 9.57. The van der Waals surface area contributed by atoms with Gasteiger partial charge in [-0.1, -0.05) is 6.42 Å². The van der Waals surface area contributed by atoms with Crippen molar-refractivity contribution < 1.29 is 9.53 Å². The molecule has 0 amide bonds. The number of ether oxygens (including phenoxy) is 1. The molecule has 1 heterocycles. The molecule has 4 heteroatoms. The maximum Gasteiger partial charge on any atom is 0.305 e. The van der Waals surface area contributed by atoms with Gasteiger partial charge in [-0.05, 0) is 38.3 Å². The van der Waals surface area contributed by atoms with Crippen LogP contribution in [-0.2, 0) is 9.53 Å². The smallest absolute Gasteiger partial charge is 0.305 e. The van der Waals surface area contributed by atoms with Crippen molar-refractivity contribution in [3.8, 4) is 0 Å². The second-order valence-corrected chi connectivity index (χ2v) is 3.68. The average molecular weight is 222 g/mol. The van der Waals surface area contributed by atoms with Gasteiger partial charge in [0.2, 0.25) is 0 Å². The summed E-state index contributed by atoms with van der Waals surface area (Å²) in [6.07, 6.45) is 5.36. The van der Waals surface area contributed by atoms with Crippen LogP contribution in [0.2, 0.25) is 0 Å². The van der Waals surface area contributed by atoms with E-state index >= 15 is 0 Å². The molecule has 0 bridgehead atoms. The summed E-state index contributed by atoms with van der Waals surface area (Å²) in [7, 11) is 1.45. The van der Waals surface area contributed by atoms with Crippen LogP contribution in [0.15, 0.2) is 0 Å². The lowest BCUT2D eigenvalue weighted by Gasteiger charge is -2.12. The lowest BCUT2D eigenvalue weighted by molar-refractivity contribution is -0.140. The van der Waals surface area contributed by atoms with E-state index in [1.54, 1.807) is 0 Å². The highest BCUT2D eigenvalue weighted by molar-refractivity contribution is 5.85. The molecule has 1 aliphatic rings. The van der Waals surface area contributed by atoms with E-state index in [-0.39, 0.29) is 18.4 Å². The van der Waals surface area contributed by atoms with Crippen molar-refractivity contribution in [3.63, 3.8) is 0 Å². The van der Waals surface area contributed by atoms with E-state index in [0.29, 0.717) is 12.3 Å². The second kappa shape index (κ2) is 8.06. The molecule has 1 N–H and O–H groups in total. The monoisotopic (exact) mass is 221 g/mol. The Bertz CT molecular complexity index is 156. The first-order valence-electron chi connectivity index (χ1n) is 5.10. The summed E-state index contributed by atoms with van der Waals surface area (Å²) >= 11 is 0. The molecule has 1 fully saturated rings. The number of halogens is 1. The molecule has 0 aromatic carbocycles. The molecular weight excluding hydrogens is 202 g/mol. The van der Waals surface area contributed by atoms with Gasteiger partial charge in [0.05, 0.1) is 7.11 Å². The summed E-state index contributed by atoms with van der Waals surface area (Å²) in [6, 6.07) is 0. The fourth-order valence-electron chi connectivity index (χ4n) is 1.76. The largest absolute Gasteiger partial charge is 0.469 e. The SMILES string of the molecule is COC(=O)CCC1CCCCNC1.Cl. The summed E-state index contributed by atoms with van der Waals surface area (Å²) in [5.74, 6) is 0.589. The Balaban J connectivity index is 0.00000169. The number of esters is 1. The topological polar surface area (TPSA) is 38.3 Å². The van der Waals surface area contributed by atoms with E-state index in [4.69, 9.17) is 0 Å². The summed E-state index contributed by atoms with van der Waals surface area (Å²) in [4.78, 5) is 10.9. The van der Waals surface area contributed by atoms with Gasteiger partial charge in [0.1, 0.15) is 0 Å². The maximum atomic E-state index is 10.9. The van der Waals surface area contributed by atoms with Crippen molar-refractivity contribution >= 4 is 18.4 Å². The van der Waals surface area contributed by atoms with Gasteiger partial charge in [-0.2, -0.15) is 0 Å². The van der Waals surface area contributed by atoms with Crippen LogP contribution < -0.4 is 5.32 Å². The molecule has 0 radical (unpaired) electrons. The molecule has 0 aromatic heterocycles. The molecular formula is C10H20ClNO2. The van der Waals surface area contributed by atoms with Crippen LogP contribution in [0.5, 0.6) is 0 Å². The summed E-state index contributed by atoms with van der Waals surface area (Å²) in [6.45, 7) is 2.20. The molecule has 1 saturated heterocycles. The third kappa shape index (κ3) is 5.45. The molecule has 14 heavy (non-hydrogen) atoms. The Hall–Kier alpha value is -0.280. The minimum absolute atomic E-state index is 0. The van der Waals surface area contributed by atoms with Crippen molar-refractivity contribution in [3.05, 3.63) is 0 Å². The zero-order valence-electron chi connectivity index (χ0n) is 8.75. The number of carbonyl (C=O) groups is 1. The standard InChI is InChI=1S/C10H19NO2.ClH/c1-13-10(12)6-5-9-4-2-3-7-11-8-9;/h9,11H,2-8H2,1H3;1H. The molecule has 84 valence electrons. The van der Waals surface area contributed by atoms with E-state index in [9.17, 15) is 4.79 Å². The van der Waals surface area contributed by atoms with Gasteiger partial charge >= 0.3 is 5.97 Å². The summed E-state index contributed by atoms with van der Waals surface area (Å²) in [5.41, 5.74) is 0. The van der Waals surface area contributed by atoms with Crippen molar-refractivity contribution in [1.29, 1.82) is 0 Å². The molecule has 1 rings (SSSR count). The fourth-order valence-corrected chi connectivity index (χ4v) is 1.76. The average Bonchev–Trinajstić information content (AvgIpc) is 2.42. The van der Waals surface area contributed by atoms with Crippen LogP contribution in [-0.4, -0.2) is 26.2 Å². The minimum atomic E-state index is -0.0794. The van der Waals surface area contributed by atoms with Crippen molar-refractivity contribution in [1.82, 2.24) is 5.32 Å². The molecule has 0 aromatic rings. The van der Waals surface area contributed by atoms with Crippen molar-refractivity contribution in [2.75, 3.05) is 20.2 Å². The highest BCUT2D eigenvalue weighted by Gasteiger charge is 2.13. The first kappa shape index (κ1) is 13.7. The molecule has 0 saturated carbocycles. The number of nitrogens with one attached hydrogen (secondary N) is 1. The van der Waals surface area contributed by atoms with Crippen LogP contribution in [0.3, 0.4) is 0 Å². The van der Waals surface area contributed by atoms with Crippen LogP contribution >= 0.6 is 12.4 Å². The Morgan fingerprint density at radius 2 is 2.29 bits per heavy atom. The van der Waals surface area contributed by atoms with Gasteiger partial charge in [-0.15, -0.1) is 12.4 Å². The number of carbonyl (C=O) groups excluding carboxylic acids is 1. The fraction of sp³-hybridized carbons (Fsp3) is 0.900. The third-order valence-electron chi connectivity index (χ3n) is 2.63. The number of hydrogen-bond acceptors (Lipinski definition) is 3. The first-order valence-corrected chi connectivity index (χ1v) is 5.10.